The summed E-state index contributed by atoms with van der Waals surface area (Å²) in [6.07, 6.45) is 2.90. The lowest BCUT2D eigenvalue weighted by Crippen LogP contribution is -2.34. The highest BCUT2D eigenvalue weighted by atomic mass is 32.1. The minimum absolute atomic E-state index is 0.160. The van der Waals surface area contributed by atoms with Gasteiger partial charge in [0.15, 0.2) is 0 Å². The molecular weight excluding hydrogens is 382 g/mol. The van der Waals surface area contributed by atoms with Crippen LogP contribution in [-0.4, -0.2) is 30.7 Å². The molecule has 29 heavy (non-hydrogen) atoms. The second-order valence-electron chi connectivity index (χ2n) is 7.39. The van der Waals surface area contributed by atoms with Crippen molar-refractivity contribution in [1.82, 2.24) is 0 Å². The first-order valence-electron chi connectivity index (χ1n) is 9.88. The van der Waals surface area contributed by atoms with Crippen LogP contribution in [0.2, 0.25) is 0 Å². The van der Waals surface area contributed by atoms with Crippen molar-refractivity contribution in [3.8, 4) is 6.07 Å². The minimum atomic E-state index is -0.160. The molecule has 1 fully saturated rings. The molecule has 0 unspecified atom stereocenters. The molecule has 1 saturated heterocycles. The van der Waals surface area contributed by atoms with Crippen molar-refractivity contribution in [1.29, 1.82) is 5.26 Å². The summed E-state index contributed by atoms with van der Waals surface area (Å²) in [6.45, 7) is 2.00. The number of anilines is 2. The molecule has 2 heterocycles. The number of benzene rings is 2. The van der Waals surface area contributed by atoms with Gasteiger partial charge in [0.1, 0.15) is 6.07 Å². The molecule has 4 rings (SSSR count). The number of nitrogens with zero attached hydrogens (tertiary/aromatic N) is 2. The molecule has 0 saturated carbocycles. The number of nitrogens with one attached hydrogen (secondary N) is 1. The molecule has 1 aliphatic heterocycles. The van der Waals surface area contributed by atoms with Gasteiger partial charge in [0.2, 0.25) is 0 Å². The number of hydrogen-bond donors (Lipinski definition) is 2. The first kappa shape index (κ1) is 19.4. The van der Waals surface area contributed by atoms with Gasteiger partial charge < -0.3 is 15.3 Å². The Morgan fingerprint density at radius 3 is 2.72 bits per heavy atom. The van der Waals surface area contributed by atoms with Crippen molar-refractivity contribution in [2.24, 2.45) is 5.92 Å². The molecule has 0 aliphatic carbocycles. The Hall–Kier alpha value is -2.88. The highest BCUT2D eigenvalue weighted by molar-refractivity contribution is 7.20. The number of thiophene rings is 1. The molecule has 1 aromatic heterocycles. The van der Waals surface area contributed by atoms with E-state index < -0.39 is 0 Å². The maximum atomic E-state index is 12.7. The Morgan fingerprint density at radius 2 is 2.00 bits per heavy atom. The number of piperidine rings is 1. The van der Waals surface area contributed by atoms with Gasteiger partial charge in [0.25, 0.3) is 5.91 Å². The fraction of sp³-hybridized carbons (Fsp3) is 0.304. The van der Waals surface area contributed by atoms with E-state index in [9.17, 15) is 10.1 Å². The molecule has 5 nitrogen and oxygen atoms in total. The Kier molecular flexibility index (Phi) is 5.79. The molecule has 1 aliphatic rings. The van der Waals surface area contributed by atoms with Crippen LogP contribution in [0.25, 0.3) is 10.1 Å². The lowest BCUT2D eigenvalue weighted by atomic mass is 9.93. The SMILES string of the molecule is N#Cc1cc(NC(=O)c2cc3ccccc3s2)ccc1N1CCC(CCO)CC1. The van der Waals surface area contributed by atoms with E-state index >= 15 is 0 Å². The third-order valence-electron chi connectivity index (χ3n) is 5.52. The van der Waals surface area contributed by atoms with Gasteiger partial charge in [-0.25, -0.2) is 0 Å². The van der Waals surface area contributed by atoms with Crippen molar-refractivity contribution in [2.75, 3.05) is 29.9 Å². The van der Waals surface area contributed by atoms with E-state index in [1.54, 1.807) is 6.07 Å². The third kappa shape index (κ3) is 4.26. The molecule has 1 amide bonds. The number of aliphatic hydroxyl groups is 1. The number of rotatable bonds is 5. The van der Waals surface area contributed by atoms with Crippen LogP contribution in [-0.2, 0) is 0 Å². The van der Waals surface area contributed by atoms with Crippen molar-refractivity contribution < 1.29 is 9.90 Å². The molecule has 0 radical (unpaired) electrons. The summed E-state index contributed by atoms with van der Waals surface area (Å²) in [5.41, 5.74) is 2.11. The summed E-state index contributed by atoms with van der Waals surface area (Å²) in [6, 6.07) is 17.6. The van der Waals surface area contributed by atoms with Crippen LogP contribution in [0.1, 0.15) is 34.5 Å². The standard InChI is InChI=1S/C23H23N3O2S/c24-15-18-13-19(5-6-20(18)26-10-7-16(8-11-26)9-12-27)25-23(28)22-14-17-3-1-2-4-21(17)29-22/h1-6,13-14,16,27H,7-12H2,(H,25,28). The summed E-state index contributed by atoms with van der Waals surface area (Å²) < 4.78 is 1.08. The first-order chi connectivity index (χ1) is 14.2. The van der Waals surface area contributed by atoms with Gasteiger partial charge in [-0.3, -0.25) is 4.79 Å². The van der Waals surface area contributed by atoms with Crippen molar-refractivity contribution in [3.63, 3.8) is 0 Å². The van der Waals surface area contributed by atoms with Gasteiger partial charge in [-0.15, -0.1) is 11.3 Å². The van der Waals surface area contributed by atoms with Crippen LogP contribution >= 0.6 is 11.3 Å². The number of hydrogen-bond acceptors (Lipinski definition) is 5. The molecular formula is C23H23N3O2S. The molecule has 0 spiro atoms. The zero-order valence-corrected chi connectivity index (χ0v) is 16.9. The first-order valence-corrected chi connectivity index (χ1v) is 10.7. The molecule has 148 valence electrons. The van der Waals surface area contributed by atoms with Crippen LogP contribution in [0.5, 0.6) is 0 Å². The van der Waals surface area contributed by atoms with Crippen molar-refractivity contribution in [2.45, 2.75) is 19.3 Å². The van der Waals surface area contributed by atoms with Crippen molar-refractivity contribution >= 4 is 38.7 Å². The highest BCUT2D eigenvalue weighted by Gasteiger charge is 2.21. The smallest absolute Gasteiger partial charge is 0.265 e. The molecule has 6 heteroatoms. The topological polar surface area (TPSA) is 76.4 Å². The summed E-state index contributed by atoms with van der Waals surface area (Å²) in [5, 5.41) is 22.7. The van der Waals surface area contributed by atoms with Gasteiger partial charge in [-0.1, -0.05) is 18.2 Å². The van der Waals surface area contributed by atoms with E-state index in [1.807, 2.05) is 42.5 Å². The minimum Gasteiger partial charge on any atom is -0.396 e. The molecule has 0 bridgehead atoms. The number of amides is 1. The average Bonchev–Trinajstić information content (AvgIpc) is 3.19. The summed E-state index contributed by atoms with van der Waals surface area (Å²) in [5.74, 6) is 0.398. The summed E-state index contributed by atoms with van der Waals surface area (Å²) >= 11 is 1.46. The number of aliphatic hydroxyl groups excluding tert-OH is 1. The van der Waals surface area contributed by atoms with E-state index in [1.165, 1.54) is 11.3 Å². The van der Waals surface area contributed by atoms with Crippen LogP contribution in [0.4, 0.5) is 11.4 Å². The maximum absolute atomic E-state index is 12.7. The van der Waals surface area contributed by atoms with Crippen LogP contribution in [0.15, 0.2) is 48.5 Å². The quantitative estimate of drug-likeness (QED) is 0.649. The fourth-order valence-electron chi connectivity index (χ4n) is 3.91. The van der Waals surface area contributed by atoms with Crippen molar-refractivity contribution in [3.05, 3.63) is 59.0 Å². The maximum Gasteiger partial charge on any atom is 0.265 e. The number of carbonyl (C=O) groups is 1. The molecule has 2 N–H and O–H groups in total. The van der Waals surface area contributed by atoms with Gasteiger partial charge in [-0.2, -0.15) is 5.26 Å². The predicted octanol–water partition coefficient (Wildman–Crippen LogP) is 4.62. The predicted molar refractivity (Wildman–Crippen MR) is 118 cm³/mol. The lowest BCUT2D eigenvalue weighted by molar-refractivity contribution is 0.103. The Labute approximate surface area is 174 Å². The Morgan fingerprint density at radius 1 is 1.21 bits per heavy atom. The molecule has 3 aromatic rings. The Balaban J connectivity index is 1.48. The number of carbonyl (C=O) groups excluding carboxylic acids is 1. The zero-order chi connectivity index (χ0) is 20.2. The van der Waals surface area contributed by atoms with E-state index in [2.05, 4.69) is 16.3 Å². The fourth-order valence-corrected chi connectivity index (χ4v) is 4.87. The normalized spacial score (nSPS) is 14.7. The number of nitriles is 1. The van der Waals surface area contributed by atoms with Crippen LogP contribution in [0.3, 0.4) is 0 Å². The van der Waals surface area contributed by atoms with Gasteiger partial charge in [0.05, 0.1) is 16.1 Å². The largest absolute Gasteiger partial charge is 0.396 e. The zero-order valence-electron chi connectivity index (χ0n) is 16.1. The second-order valence-corrected chi connectivity index (χ2v) is 8.47. The molecule has 0 atom stereocenters. The highest BCUT2D eigenvalue weighted by Crippen LogP contribution is 2.30. The van der Waals surface area contributed by atoms with E-state index in [-0.39, 0.29) is 12.5 Å². The lowest BCUT2D eigenvalue weighted by Gasteiger charge is -2.34. The van der Waals surface area contributed by atoms with Gasteiger partial charge >= 0.3 is 0 Å². The van der Waals surface area contributed by atoms with Gasteiger partial charge in [-0.05, 0) is 60.9 Å². The third-order valence-corrected chi connectivity index (χ3v) is 6.63. The van der Waals surface area contributed by atoms with E-state index in [4.69, 9.17) is 5.11 Å². The average molecular weight is 406 g/mol. The summed E-state index contributed by atoms with van der Waals surface area (Å²) in [4.78, 5) is 15.5. The second kappa shape index (κ2) is 8.64. The number of fused-ring (bicyclic) bond motifs is 1. The van der Waals surface area contributed by atoms with Gasteiger partial charge in [0, 0.05) is 30.1 Å². The monoisotopic (exact) mass is 405 g/mol. The van der Waals surface area contributed by atoms with E-state index in [0.29, 0.717) is 22.0 Å². The Bertz CT molecular complexity index is 1030. The van der Waals surface area contributed by atoms with Crippen LogP contribution in [0, 0.1) is 17.2 Å². The molecule has 2 aromatic carbocycles. The van der Waals surface area contributed by atoms with E-state index in [0.717, 1.165) is 48.1 Å². The van der Waals surface area contributed by atoms with Crippen LogP contribution < -0.4 is 10.2 Å². The summed E-state index contributed by atoms with van der Waals surface area (Å²) in [7, 11) is 0.